The van der Waals surface area contributed by atoms with Gasteiger partial charge in [-0.1, -0.05) is 53.2 Å². The average molecular weight is 531 g/mol. The molecule has 9 heteroatoms. The van der Waals surface area contributed by atoms with Gasteiger partial charge in [-0.3, -0.25) is 10.7 Å². The largest absolute Gasteiger partial charge is 0.489 e. The zero-order chi connectivity index (χ0) is 29.0. The average Bonchev–Trinajstić information content (AvgIpc) is 2.86. The first-order valence-electron chi connectivity index (χ1n) is 12.3. The van der Waals surface area contributed by atoms with Crippen LogP contribution in [0.15, 0.2) is 36.9 Å². The molecule has 212 valence electrons. The van der Waals surface area contributed by atoms with Gasteiger partial charge < -0.3 is 19.9 Å². The number of rotatable bonds is 10. The third-order valence-electron chi connectivity index (χ3n) is 4.88. The molecule has 0 aliphatic heterocycles. The van der Waals surface area contributed by atoms with E-state index in [0.717, 1.165) is 12.5 Å². The molecule has 0 atom stereocenters. The Morgan fingerprint density at radius 2 is 1.62 bits per heavy atom. The van der Waals surface area contributed by atoms with E-state index in [2.05, 4.69) is 32.7 Å². The lowest BCUT2D eigenvalue weighted by molar-refractivity contribution is 0.146. The van der Waals surface area contributed by atoms with E-state index in [1.807, 2.05) is 19.9 Å². The van der Waals surface area contributed by atoms with Gasteiger partial charge in [-0.2, -0.15) is 0 Å². The van der Waals surface area contributed by atoms with Gasteiger partial charge in [-0.05, 0) is 43.4 Å². The molecule has 0 heterocycles. The predicted octanol–water partition coefficient (Wildman–Crippen LogP) is 8.01. The Kier molecular flexibility index (Phi) is 20.0. The maximum absolute atomic E-state index is 14.1. The minimum Gasteiger partial charge on any atom is -0.489 e. The number of benzene rings is 2. The van der Waals surface area contributed by atoms with E-state index >= 15 is 0 Å². The van der Waals surface area contributed by atoms with Crippen LogP contribution in [0.3, 0.4) is 0 Å². The fraction of sp³-hybridized carbons (Fsp3) is 0.500. The summed E-state index contributed by atoms with van der Waals surface area (Å²) in [4.78, 5) is 0. The highest BCUT2D eigenvalue weighted by Crippen LogP contribution is 2.38. The topological polar surface area (TPSA) is 83.0 Å². The summed E-state index contributed by atoms with van der Waals surface area (Å²) in [5.41, 5.74) is 2.08. The van der Waals surface area contributed by atoms with Crippen molar-refractivity contribution in [2.45, 2.75) is 61.3 Å². The third kappa shape index (κ3) is 13.9. The summed E-state index contributed by atoms with van der Waals surface area (Å²) in [6, 6.07) is 4.99. The minimum atomic E-state index is -1.29. The molecule has 0 aliphatic carbocycles. The molecule has 0 unspecified atom stereocenters. The van der Waals surface area contributed by atoms with Crippen molar-refractivity contribution in [3.8, 4) is 5.75 Å². The van der Waals surface area contributed by atoms with Gasteiger partial charge in [-0.25, -0.2) is 13.2 Å². The molecular formula is C28H45F3N2O4. The van der Waals surface area contributed by atoms with Gasteiger partial charge in [0.05, 0.1) is 12.3 Å². The third-order valence-corrected chi connectivity index (χ3v) is 4.88. The van der Waals surface area contributed by atoms with E-state index in [1.54, 1.807) is 25.4 Å². The van der Waals surface area contributed by atoms with Crippen LogP contribution in [0, 0.1) is 29.8 Å². The lowest BCUT2D eigenvalue weighted by Gasteiger charge is -2.19. The molecule has 0 radical (unpaired) electrons. The van der Waals surface area contributed by atoms with E-state index in [4.69, 9.17) is 14.6 Å². The molecule has 4 N–H and O–H groups in total. The van der Waals surface area contributed by atoms with Crippen molar-refractivity contribution < 1.29 is 33.0 Å². The number of hydrogen-bond acceptors (Lipinski definition) is 6. The van der Waals surface area contributed by atoms with Crippen LogP contribution in [0.4, 0.5) is 30.2 Å². The highest BCUT2D eigenvalue weighted by molar-refractivity contribution is 5.79. The smallest absolute Gasteiger partial charge is 0.184 e. The fourth-order valence-corrected chi connectivity index (χ4v) is 2.57. The lowest BCUT2D eigenvalue weighted by atomic mass is 9.87. The SMILES string of the molecule is C=CCC(C)(C)CC.CC.CCO.COCCOc1cc(F)c(F)c(Nc2ccc(C)cc2F)c1NO. The number of aliphatic hydroxyl groups is 1. The zero-order valence-electron chi connectivity index (χ0n) is 23.5. The first-order valence-corrected chi connectivity index (χ1v) is 12.3. The summed E-state index contributed by atoms with van der Waals surface area (Å²) in [6.45, 7) is 18.3. The van der Waals surface area contributed by atoms with Gasteiger partial charge >= 0.3 is 0 Å². The monoisotopic (exact) mass is 530 g/mol. The van der Waals surface area contributed by atoms with Gasteiger partial charge in [0.25, 0.3) is 0 Å². The molecule has 0 aromatic heterocycles. The molecule has 0 amide bonds. The summed E-state index contributed by atoms with van der Waals surface area (Å²) < 4.78 is 51.9. The van der Waals surface area contributed by atoms with Crippen molar-refractivity contribution in [2.24, 2.45) is 5.41 Å². The van der Waals surface area contributed by atoms with Gasteiger partial charge in [0.2, 0.25) is 0 Å². The van der Waals surface area contributed by atoms with E-state index in [0.29, 0.717) is 11.0 Å². The standard InChI is InChI=1S/C16H17F3N2O3.C8H16.C2H6O.C2H6/c1-9-3-4-12(10(17)7-9)20-16-14(19)11(18)8-13(15(16)21-22)24-6-5-23-2;1-5-7-8(3,4)6-2;1-2-3;1-2/h3-4,7-8,20-22H,5-6H2,1-2H3;5H,1,6-7H2,2-4H3;3H,2H2,1H3;1-2H3. The van der Waals surface area contributed by atoms with Crippen LogP contribution in [0.5, 0.6) is 5.75 Å². The van der Waals surface area contributed by atoms with Gasteiger partial charge in [0.1, 0.15) is 29.5 Å². The van der Waals surface area contributed by atoms with Crippen LogP contribution in [-0.4, -0.2) is 37.2 Å². The zero-order valence-corrected chi connectivity index (χ0v) is 23.5. The number of nitrogens with one attached hydrogen (secondary N) is 2. The molecule has 2 aromatic carbocycles. The van der Waals surface area contributed by atoms with Crippen molar-refractivity contribution in [1.82, 2.24) is 0 Å². The predicted molar refractivity (Wildman–Crippen MR) is 147 cm³/mol. The molecule has 0 fully saturated rings. The Morgan fingerprint density at radius 1 is 1.03 bits per heavy atom. The Balaban J connectivity index is 0. The quantitative estimate of drug-likeness (QED) is 0.141. The maximum atomic E-state index is 14.1. The van der Waals surface area contributed by atoms with Crippen molar-refractivity contribution >= 4 is 17.1 Å². The van der Waals surface area contributed by atoms with Crippen molar-refractivity contribution in [3.63, 3.8) is 0 Å². The highest BCUT2D eigenvalue weighted by Gasteiger charge is 2.21. The molecule has 6 nitrogen and oxygen atoms in total. The van der Waals surface area contributed by atoms with E-state index in [1.165, 1.54) is 25.7 Å². The summed E-state index contributed by atoms with van der Waals surface area (Å²) >= 11 is 0. The summed E-state index contributed by atoms with van der Waals surface area (Å²) in [7, 11) is 1.45. The Hall–Kier alpha value is -2.75. The second kappa shape index (κ2) is 20.3. The molecule has 2 aromatic rings. The minimum absolute atomic E-state index is 0.0502. The van der Waals surface area contributed by atoms with Gasteiger partial charge in [-0.15, -0.1) is 6.58 Å². The Bertz CT molecular complexity index is 909. The first kappa shape index (κ1) is 36.4. The van der Waals surface area contributed by atoms with Crippen LogP contribution >= 0.6 is 0 Å². The normalized spacial score (nSPS) is 9.97. The second-order valence-corrected chi connectivity index (χ2v) is 8.31. The molecular weight excluding hydrogens is 485 g/mol. The summed E-state index contributed by atoms with van der Waals surface area (Å²) in [5, 5.41) is 19.3. The number of allylic oxidation sites excluding steroid dienone is 1. The molecule has 2 rings (SSSR count). The van der Waals surface area contributed by atoms with Crippen LogP contribution < -0.4 is 15.5 Å². The lowest BCUT2D eigenvalue weighted by Crippen LogP contribution is -2.10. The van der Waals surface area contributed by atoms with Gasteiger partial charge in [0, 0.05) is 19.8 Å². The van der Waals surface area contributed by atoms with Crippen molar-refractivity contribution in [2.75, 3.05) is 37.7 Å². The molecule has 37 heavy (non-hydrogen) atoms. The van der Waals surface area contributed by atoms with E-state index < -0.39 is 23.1 Å². The van der Waals surface area contributed by atoms with Crippen LogP contribution in [0.2, 0.25) is 0 Å². The number of hydrogen-bond donors (Lipinski definition) is 4. The Labute approximate surface area is 220 Å². The first-order chi connectivity index (χ1) is 17.5. The fourth-order valence-electron chi connectivity index (χ4n) is 2.57. The number of anilines is 3. The number of aliphatic hydroxyl groups excluding tert-OH is 1. The summed E-state index contributed by atoms with van der Waals surface area (Å²) in [6.07, 6.45) is 4.35. The molecule has 0 spiro atoms. The van der Waals surface area contributed by atoms with Crippen molar-refractivity contribution in [1.29, 1.82) is 0 Å². The highest BCUT2D eigenvalue weighted by atomic mass is 19.2. The van der Waals surface area contributed by atoms with Crippen LogP contribution in [0.1, 0.15) is 59.9 Å². The number of ether oxygens (including phenoxy) is 2. The number of halogens is 3. The Morgan fingerprint density at radius 3 is 2.05 bits per heavy atom. The maximum Gasteiger partial charge on any atom is 0.184 e. The van der Waals surface area contributed by atoms with E-state index in [9.17, 15) is 18.4 Å². The molecule has 0 aliphatic rings. The molecule has 0 saturated heterocycles. The number of aryl methyl sites for hydroxylation is 1. The van der Waals surface area contributed by atoms with Gasteiger partial charge in [0.15, 0.2) is 11.6 Å². The molecule has 0 bridgehead atoms. The number of methoxy groups -OCH3 is 1. The summed E-state index contributed by atoms with van der Waals surface area (Å²) in [5.74, 6) is -3.30. The molecule has 0 saturated carbocycles. The van der Waals surface area contributed by atoms with Crippen LogP contribution in [0.25, 0.3) is 0 Å². The van der Waals surface area contributed by atoms with E-state index in [-0.39, 0.29) is 36.9 Å². The second-order valence-electron chi connectivity index (χ2n) is 8.31. The van der Waals surface area contributed by atoms with Crippen LogP contribution in [-0.2, 0) is 4.74 Å². The van der Waals surface area contributed by atoms with Crippen molar-refractivity contribution in [3.05, 3.63) is 59.9 Å².